The Hall–Kier alpha value is -1.68. The Morgan fingerprint density at radius 2 is 2.28 bits per heavy atom. The Kier molecular flexibility index (Phi) is 4.10. The monoisotopic (exact) mass is 260 g/mol. The molecule has 18 heavy (non-hydrogen) atoms. The number of rotatable bonds is 4. The lowest BCUT2D eigenvalue weighted by atomic mass is 10.1. The van der Waals surface area contributed by atoms with E-state index in [-0.39, 0.29) is 5.91 Å². The van der Waals surface area contributed by atoms with E-state index in [4.69, 9.17) is 0 Å². The van der Waals surface area contributed by atoms with Crippen molar-refractivity contribution in [2.45, 2.75) is 26.7 Å². The first-order chi connectivity index (χ1) is 8.67. The van der Waals surface area contributed by atoms with Gasteiger partial charge < -0.3 is 5.32 Å². The SMILES string of the molecule is CCc1cccc(NC(=O)Cc2csc(C)n2)c1. The molecular formula is C14H16N2OS. The van der Waals surface area contributed by atoms with Crippen LogP contribution >= 0.6 is 11.3 Å². The fourth-order valence-electron chi connectivity index (χ4n) is 1.73. The summed E-state index contributed by atoms with van der Waals surface area (Å²) in [7, 11) is 0. The smallest absolute Gasteiger partial charge is 0.230 e. The molecule has 0 unspecified atom stereocenters. The van der Waals surface area contributed by atoms with Crippen LogP contribution in [0.3, 0.4) is 0 Å². The number of carbonyl (C=O) groups excluding carboxylic acids is 1. The van der Waals surface area contributed by atoms with Gasteiger partial charge in [-0.05, 0) is 31.0 Å². The second-order valence-electron chi connectivity index (χ2n) is 4.14. The number of benzene rings is 1. The first kappa shape index (κ1) is 12.8. The maximum atomic E-state index is 11.8. The molecule has 1 N–H and O–H groups in total. The van der Waals surface area contributed by atoms with Crippen molar-refractivity contribution in [3.8, 4) is 0 Å². The van der Waals surface area contributed by atoms with Crippen molar-refractivity contribution in [3.05, 3.63) is 45.9 Å². The van der Waals surface area contributed by atoms with Crippen LogP contribution in [0.2, 0.25) is 0 Å². The fourth-order valence-corrected chi connectivity index (χ4v) is 2.34. The van der Waals surface area contributed by atoms with Gasteiger partial charge in [0.15, 0.2) is 0 Å². The van der Waals surface area contributed by atoms with Crippen molar-refractivity contribution in [2.75, 3.05) is 5.32 Å². The molecule has 4 heteroatoms. The summed E-state index contributed by atoms with van der Waals surface area (Å²) in [4.78, 5) is 16.1. The van der Waals surface area contributed by atoms with Gasteiger partial charge >= 0.3 is 0 Å². The molecule has 0 aliphatic rings. The first-order valence-electron chi connectivity index (χ1n) is 5.97. The number of anilines is 1. The van der Waals surface area contributed by atoms with Gasteiger partial charge in [0.1, 0.15) is 0 Å². The molecule has 0 aliphatic heterocycles. The van der Waals surface area contributed by atoms with E-state index < -0.39 is 0 Å². The van der Waals surface area contributed by atoms with E-state index in [1.807, 2.05) is 30.5 Å². The summed E-state index contributed by atoms with van der Waals surface area (Å²) >= 11 is 1.57. The van der Waals surface area contributed by atoms with Gasteiger partial charge in [-0.2, -0.15) is 0 Å². The summed E-state index contributed by atoms with van der Waals surface area (Å²) in [6.45, 7) is 4.04. The molecule has 94 valence electrons. The third-order valence-electron chi connectivity index (χ3n) is 2.63. The Morgan fingerprint density at radius 3 is 2.94 bits per heavy atom. The van der Waals surface area contributed by atoms with Crippen LogP contribution in [0.25, 0.3) is 0 Å². The second kappa shape index (κ2) is 5.78. The van der Waals surface area contributed by atoms with E-state index in [1.165, 1.54) is 5.56 Å². The third-order valence-corrected chi connectivity index (χ3v) is 3.45. The lowest BCUT2D eigenvalue weighted by Crippen LogP contribution is -2.14. The highest BCUT2D eigenvalue weighted by Crippen LogP contribution is 2.13. The molecule has 0 atom stereocenters. The van der Waals surface area contributed by atoms with E-state index >= 15 is 0 Å². The van der Waals surface area contributed by atoms with Crippen LogP contribution in [0.4, 0.5) is 5.69 Å². The minimum Gasteiger partial charge on any atom is -0.326 e. The van der Waals surface area contributed by atoms with Gasteiger partial charge in [0, 0.05) is 11.1 Å². The number of amides is 1. The van der Waals surface area contributed by atoms with Crippen molar-refractivity contribution < 1.29 is 4.79 Å². The van der Waals surface area contributed by atoms with Crippen LogP contribution in [-0.2, 0) is 17.6 Å². The van der Waals surface area contributed by atoms with Crippen molar-refractivity contribution in [1.29, 1.82) is 0 Å². The summed E-state index contributed by atoms with van der Waals surface area (Å²) in [5.41, 5.74) is 2.91. The first-order valence-corrected chi connectivity index (χ1v) is 6.85. The molecule has 1 heterocycles. The number of aryl methyl sites for hydroxylation is 2. The Labute approximate surface area is 111 Å². The summed E-state index contributed by atoms with van der Waals surface area (Å²) in [5.74, 6) is -0.0199. The molecule has 2 aromatic rings. The third kappa shape index (κ3) is 3.40. The van der Waals surface area contributed by atoms with Gasteiger partial charge in [0.25, 0.3) is 0 Å². The van der Waals surface area contributed by atoms with Crippen LogP contribution in [0.1, 0.15) is 23.2 Å². The van der Waals surface area contributed by atoms with Crippen LogP contribution in [0.15, 0.2) is 29.6 Å². The minimum atomic E-state index is -0.0199. The number of nitrogens with zero attached hydrogens (tertiary/aromatic N) is 1. The highest BCUT2D eigenvalue weighted by atomic mass is 32.1. The largest absolute Gasteiger partial charge is 0.326 e. The quantitative estimate of drug-likeness (QED) is 0.917. The second-order valence-corrected chi connectivity index (χ2v) is 5.20. The Balaban J connectivity index is 1.98. The zero-order valence-corrected chi connectivity index (χ0v) is 11.4. The van der Waals surface area contributed by atoms with E-state index in [2.05, 4.69) is 23.3 Å². The number of hydrogen-bond acceptors (Lipinski definition) is 3. The van der Waals surface area contributed by atoms with Crippen LogP contribution < -0.4 is 5.32 Å². The van der Waals surface area contributed by atoms with E-state index in [0.717, 1.165) is 22.8 Å². The van der Waals surface area contributed by atoms with Gasteiger partial charge in [-0.1, -0.05) is 19.1 Å². The van der Waals surface area contributed by atoms with E-state index in [0.29, 0.717) is 6.42 Å². The molecule has 0 saturated carbocycles. The maximum absolute atomic E-state index is 11.8. The van der Waals surface area contributed by atoms with Crippen LogP contribution in [0, 0.1) is 6.92 Å². The molecule has 0 bridgehead atoms. The molecule has 0 saturated heterocycles. The average Bonchev–Trinajstić information content (AvgIpc) is 2.74. The van der Waals surface area contributed by atoms with Crippen molar-refractivity contribution in [2.24, 2.45) is 0 Å². The average molecular weight is 260 g/mol. The summed E-state index contributed by atoms with van der Waals surface area (Å²) in [6.07, 6.45) is 1.30. The summed E-state index contributed by atoms with van der Waals surface area (Å²) in [6, 6.07) is 7.93. The highest BCUT2D eigenvalue weighted by molar-refractivity contribution is 7.09. The zero-order chi connectivity index (χ0) is 13.0. The van der Waals surface area contributed by atoms with Gasteiger partial charge in [0.2, 0.25) is 5.91 Å². The predicted octanol–water partition coefficient (Wildman–Crippen LogP) is 3.20. The molecular weight excluding hydrogens is 244 g/mol. The number of hydrogen-bond donors (Lipinski definition) is 1. The van der Waals surface area contributed by atoms with Crippen LogP contribution in [0.5, 0.6) is 0 Å². The van der Waals surface area contributed by atoms with E-state index in [9.17, 15) is 4.79 Å². The molecule has 0 radical (unpaired) electrons. The van der Waals surface area contributed by atoms with E-state index in [1.54, 1.807) is 11.3 Å². The molecule has 0 aliphatic carbocycles. The maximum Gasteiger partial charge on any atom is 0.230 e. The molecule has 1 amide bonds. The van der Waals surface area contributed by atoms with Gasteiger partial charge in [-0.15, -0.1) is 11.3 Å². The van der Waals surface area contributed by atoms with Crippen molar-refractivity contribution in [1.82, 2.24) is 4.98 Å². The molecule has 3 nitrogen and oxygen atoms in total. The Bertz CT molecular complexity index is 548. The van der Waals surface area contributed by atoms with Gasteiger partial charge in [-0.3, -0.25) is 4.79 Å². The lowest BCUT2D eigenvalue weighted by Gasteiger charge is -2.05. The summed E-state index contributed by atoms with van der Waals surface area (Å²) in [5, 5.41) is 5.82. The normalized spacial score (nSPS) is 10.3. The van der Waals surface area contributed by atoms with Crippen LogP contribution in [-0.4, -0.2) is 10.9 Å². The molecule has 2 rings (SSSR count). The van der Waals surface area contributed by atoms with Gasteiger partial charge in [-0.25, -0.2) is 4.98 Å². The lowest BCUT2D eigenvalue weighted by molar-refractivity contribution is -0.115. The molecule has 0 spiro atoms. The summed E-state index contributed by atoms with van der Waals surface area (Å²) < 4.78 is 0. The number of carbonyl (C=O) groups is 1. The zero-order valence-electron chi connectivity index (χ0n) is 10.6. The number of thiazole rings is 1. The standard InChI is InChI=1S/C14H16N2OS/c1-3-11-5-4-6-12(7-11)16-14(17)8-13-9-18-10(2)15-13/h4-7,9H,3,8H2,1-2H3,(H,16,17). The van der Waals surface area contributed by atoms with Crippen molar-refractivity contribution in [3.63, 3.8) is 0 Å². The Morgan fingerprint density at radius 1 is 1.44 bits per heavy atom. The fraction of sp³-hybridized carbons (Fsp3) is 0.286. The number of nitrogens with one attached hydrogen (secondary N) is 1. The highest BCUT2D eigenvalue weighted by Gasteiger charge is 2.06. The topological polar surface area (TPSA) is 42.0 Å². The molecule has 0 fully saturated rings. The predicted molar refractivity (Wildman–Crippen MR) is 75.0 cm³/mol. The molecule has 1 aromatic heterocycles. The minimum absolute atomic E-state index is 0.0199. The number of aromatic nitrogens is 1. The van der Waals surface area contributed by atoms with Crippen molar-refractivity contribution >= 4 is 22.9 Å². The van der Waals surface area contributed by atoms with Gasteiger partial charge in [0.05, 0.1) is 17.1 Å². The molecule has 1 aromatic carbocycles.